The standard InChI is InChI=1S/C63H91N7O16/c1-34-26-42-52(46(71)32-44(56(42)75)68-60(77)36(3)18-14-20-48(81-10)58(85-62(64)79)40(7)30-38(5)54(73)50(28-34)83-12)66-22-16-24-70(9)25-17-23-67-53-43-27-35(2)29-51(84-13)55(74)39(6)31-41(8)59(86-63(65)80)49(82-11)21-15-19-37(4)61(78)69-45(57(43)76)33-47(53)72/h14-15,18-21,30-35,38-39,48-51,54-55,58-59,66-67,73-74H,16-17,22-29H2,1-13H3,(H2,64,79)(H2,65,80)(H,68,77)(H,69,78)/b20-14-,21-15-,36-18+,37-19+,40-30+,41-31+/t34-,35+,38+,39-,48+,49-,50+,51-,54-,55+,58+,59-/i9-1. The van der Waals surface area contributed by atoms with Gasteiger partial charge >= 0.3 is 12.2 Å². The number of aliphatic hydroxyl groups excluding tert-OH is 2. The molecular formula is C63H91N7O16. The van der Waals surface area contributed by atoms with Crippen molar-refractivity contribution >= 4 is 47.1 Å². The molecule has 0 saturated heterocycles. The number of ether oxygens (including phenoxy) is 6. The number of carbonyl (C=O) groups excluding carboxylic acids is 8. The summed E-state index contributed by atoms with van der Waals surface area (Å²) in [5, 5.41) is 34.8. The summed E-state index contributed by atoms with van der Waals surface area (Å²) in [4.78, 5) is 109. The van der Waals surface area contributed by atoms with Gasteiger partial charge in [-0.3, -0.25) is 28.8 Å². The van der Waals surface area contributed by atoms with E-state index < -0.39 is 108 Å². The van der Waals surface area contributed by atoms with Crippen LogP contribution in [-0.2, 0) is 57.2 Å². The van der Waals surface area contributed by atoms with Gasteiger partial charge in [0.25, 0.3) is 11.8 Å². The topological polar surface area (TPSA) is 336 Å². The number of nitrogens with two attached hydrogens (primary N) is 2. The predicted octanol–water partition coefficient (Wildman–Crippen LogP) is 4.43. The minimum atomic E-state index is -1.05. The highest BCUT2D eigenvalue weighted by atomic mass is 16.6. The molecule has 0 aromatic rings. The Hall–Kier alpha value is -7.12. The van der Waals surface area contributed by atoms with Gasteiger partial charge in [0.2, 0.25) is 23.1 Å². The Morgan fingerprint density at radius 3 is 1.29 bits per heavy atom. The molecule has 10 N–H and O–H groups in total. The van der Waals surface area contributed by atoms with Gasteiger partial charge in [-0.25, -0.2) is 9.59 Å². The van der Waals surface area contributed by atoms with Crippen molar-refractivity contribution in [3.63, 3.8) is 0 Å². The van der Waals surface area contributed by atoms with Gasteiger partial charge in [-0.05, 0) is 109 Å². The molecule has 2 aliphatic carbocycles. The number of primary amides is 2. The van der Waals surface area contributed by atoms with Crippen molar-refractivity contribution in [2.24, 2.45) is 35.1 Å². The molecule has 86 heavy (non-hydrogen) atoms. The molecule has 2 heterocycles. The maximum atomic E-state index is 14.3. The number of methoxy groups -OCH3 is 4. The number of hydrogen-bond donors (Lipinski definition) is 8. The molecule has 0 fully saturated rings. The largest absolute Gasteiger partial charge is 0.439 e. The maximum absolute atomic E-state index is 14.3. The summed E-state index contributed by atoms with van der Waals surface area (Å²) < 4.78 is 33.7. The number of fused-ring (bicyclic) bond motifs is 4. The van der Waals surface area contributed by atoms with Gasteiger partial charge in [-0.15, -0.1) is 0 Å². The van der Waals surface area contributed by atoms with Gasteiger partial charge in [0.05, 0.1) is 47.2 Å². The molecule has 4 amide bonds. The fourth-order valence-electron chi connectivity index (χ4n) is 10.8. The van der Waals surface area contributed by atoms with E-state index in [4.69, 9.17) is 39.9 Å². The first-order valence-corrected chi connectivity index (χ1v) is 29.0. The zero-order valence-electron chi connectivity index (χ0n) is 52.0. The number of nitrogens with one attached hydrogen (secondary N) is 4. The number of amides is 4. The van der Waals surface area contributed by atoms with E-state index in [9.17, 15) is 48.6 Å². The molecule has 0 spiro atoms. The lowest BCUT2D eigenvalue weighted by Crippen LogP contribution is -2.38. The Morgan fingerprint density at radius 1 is 0.605 bits per heavy atom. The first-order chi connectivity index (χ1) is 40.6. The van der Waals surface area contributed by atoms with Gasteiger partial charge in [-0.2, -0.15) is 0 Å². The Bertz CT molecular complexity index is 2640. The highest BCUT2D eigenvalue weighted by Gasteiger charge is 2.36. The number of nitrogens with zero attached hydrogens (tertiary/aromatic N) is 1. The molecule has 0 radical (unpaired) electrons. The molecule has 23 nitrogen and oxygen atoms in total. The number of hydrogen-bond acceptors (Lipinski definition) is 19. The highest BCUT2D eigenvalue weighted by Crippen LogP contribution is 2.31. The second-order valence-electron chi connectivity index (χ2n) is 22.7. The average Bonchev–Trinajstić information content (AvgIpc) is 1.50. The first-order valence-electron chi connectivity index (χ1n) is 29.0. The summed E-state index contributed by atoms with van der Waals surface area (Å²) in [6.07, 6.45) is 7.39. The van der Waals surface area contributed by atoms with Gasteiger partial charge < -0.3 is 76.3 Å². The van der Waals surface area contributed by atoms with Crippen LogP contribution in [0.15, 0.2) is 117 Å². The second-order valence-corrected chi connectivity index (χ2v) is 22.7. The van der Waals surface area contributed by atoms with Crippen LogP contribution in [0.2, 0.25) is 0 Å². The fourth-order valence-corrected chi connectivity index (χ4v) is 10.8. The van der Waals surface area contributed by atoms with Crippen LogP contribution in [0.1, 0.15) is 93.9 Å². The summed E-state index contributed by atoms with van der Waals surface area (Å²) in [7, 11) is 7.68. The maximum Gasteiger partial charge on any atom is 0.405 e. The Balaban J connectivity index is 1.51. The second kappa shape index (κ2) is 34.3. The minimum Gasteiger partial charge on any atom is -0.439 e. The van der Waals surface area contributed by atoms with Crippen LogP contribution >= 0.6 is 0 Å². The number of aliphatic hydroxyl groups is 2. The third kappa shape index (κ3) is 20.5. The smallest absolute Gasteiger partial charge is 0.405 e. The summed E-state index contributed by atoms with van der Waals surface area (Å²) in [6, 6.07) is 0. The van der Waals surface area contributed by atoms with Crippen LogP contribution < -0.4 is 32.7 Å². The molecule has 4 bridgehead atoms. The van der Waals surface area contributed by atoms with Crippen molar-refractivity contribution in [2.45, 2.75) is 143 Å². The minimum absolute atomic E-state index is 0.0957. The average molecular weight is 1200 g/mol. The molecule has 2 aliphatic heterocycles. The van der Waals surface area contributed by atoms with Gasteiger partial charge in [-0.1, -0.05) is 76.3 Å². The Kier molecular flexibility index (Phi) is 28.4. The van der Waals surface area contributed by atoms with Crippen molar-refractivity contribution in [2.75, 3.05) is 61.7 Å². The lowest BCUT2D eigenvalue weighted by molar-refractivity contribution is -0.120. The van der Waals surface area contributed by atoms with Crippen LogP contribution in [0.5, 0.6) is 0 Å². The highest BCUT2D eigenvalue weighted by molar-refractivity contribution is 6.24. The van der Waals surface area contributed by atoms with Crippen molar-refractivity contribution in [3.8, 4) is 0 Å². The zero-order valence-corrected chi connectivity index (χ0v) is 52.0. The summed E-state index contributed by atoms with van der Waals surface area (Å²) >= 11 is 0. The number of rotatable bonds is 16. The quantitative estimate of drug-likeness (QED) is 0.0602. The molecule has 4 aliphatic rings. The Labute approximate surface area is 505 Å². The van der Waals surface area contributed by atoms with Crippen LogP contribution in [-0.4, -0.2) is 173 Å². The van der Waals surface area contributed by atoms with E-state index in [1.54, 1.807) is 52.0 Å². The molecule has 0 unspecified atom stereocenters. The van der Waals surface area contributed by atoms with Crippen LogP contribution in [0.25, 0.3) is 0 Å². The van der Waals surface area contributed by atoms with Gasteiger partial charge in [0.1, 0.15) is 12.2 Å². The molecule has 0 saturated carbocycles. The summed E-state index contributed by atoms with van der Waals surface area (Å²) in [5.74, 6) is -5.05. The Morgan fingerprint density at radius 2 is 0.965 bits per heavy atom. The van der Waals surface area contributed by atoms with Crippen LogP contribution in [0, 0.1) is 23.7 Å². The fraction of sp³-hybridized carbons (Fsp3) is 0.556. The van der Waals surface area contributed by atoms with Crippen molar-refractivity contribution in [1.82, 2.24) is 26.2 Å². The number of carbonyl (C=O) groups is 8. The molecule has 4 rings (SSSR count). The number of Topliss-reactive ketones (excluding diaryl/α,β-unsaturated/α-hetero) is 2. The van der Waals surface area contributed by atoms with E-state index in [1.165, 1.54) is 66.6 Å². The monoisotopic (exact) mass is 1200 g/mol. The predicted molar refractivity (Wildman–Crippen MR) is 322 cm³/mol. The molecule has 474 valence electrons. The normalized spacial score (nSPS) is 31.5. The molecule has 23 heteroatoms. The third-order valence-electron chi connectivity index (χ3n) is 15.6. The van der Waals surface area contributed by atoms with E-state index in [0.717, 1.165) is 12.2 Å². The molecule has 0 aromatic carbocycles. The molecular weight excluding hydrogens is 1110 g/mol. The first kappa shape index (κ1) is 71.4. The van der Waals surface area contributed by atoms with E-state index in [2.05, 4.69) is 26.2 Å². The van der Waals surface area contributed by atoms with E-state index in [0.29, 0.717) is 50.2 Å². The van der Waals surface area contributed by atoms with Gasteiger partial charge in [0.15, 0.2) is 12.2 Å². The lowest BCUT2D eigenvalue weighted by Gasteiger charge is -2.30. The van der Waals surface area contributed by atoms with Crippen LogP contribution in [0.3, 0.4) is 0 Å². The third-order valence-corrected chi connectivity index (χ3v) is 15.6. The lowest BCUT2D eigenvalue weighted by atomic mass is 9.85. The summed E-state index contributed by atoms with van der Waals surface area (Å²) in [6.45, 7) is 15.5. The molecule has 12 atom stereocenters. The van der Waals surface area contributed by atoms with Crippen molar-refractivity contribution in [3.05, 3.63) is 117 Å². The van der Waals surface area contributed by atoms with Crippen molar-refractivity contribution in [1.29, 1.82) is 0 Å². The summed E-state index contributed by atoms with van der Waals surface area (Å²) in [5.41, 5.74) is 12.5. The zero-order chi connectivity index (χ0) is 64.1. The van der Waals surface area contributed by atoms with Crippen LogP contribution in [0.4, 0.5) is 9.59 Å². The van der Waals surface area contributed by atoms with Gasteiger partial charge in [0, 0.05) is 87.8 Å². The van der Waals surface area contributed by atoms with E-state index >= 15 is 0 Å². The van der Waals surface area contributed by atoms with E-state index in [1.807, 2.05) is 20.9 Å². The number of ketones is 4. The SMILES string of the molecule is CO[C@H]1/C=C\C=C(/C)C(=O)NC2=CC(=O)C(NCCCN([11CH3])CCCNC3=C4C[C@H](C)C[C@@H](OC)[C@@H](O)[C@H](C)/C=C(\C)[C@@H](OC(N)=O)[C@H](OC)/C=C\C=C(/C)C(=O)NC(=CC3=O)C4=O)=C(C[C@@H](C)C[C@H](OC)[C@H](O)[C@@H](C)/C=C(\C)[C@@H]1OC(N)=O)C2=O. The number of allylic oxidation sites excluding steroid dienone is 8. The molecule has 0 aromatic heterocycles. The van der Waals surface area contributed by atoms with Crippen molar-refractivity contribution < 1.29 is 77.0 Å². The van der Waals surface area contributed by atoms with E-state index in [-0.39, 0.29) is 82.6 Å².